The molecule has 0 saturated carbocycles. The van der Waals surface area contributed by atoms with Crippen LogP contribution in [0.25, 0.3) is 0 Å². The monoisotopic (exact) mass is 338 g/mol. The van der Waals surface area contributed by atoms with E-state index in [-0.39, 0.29) is 18.4 Å². The van der Waals surface area contributed by atoms with Crippen LogP contribution in [0.1, 0.15) is 23.2 Å². The van der Waals surface area contributed by atoms with Crippen molar-refractivity contribution < 1.29 is 19.1 Å². The van der Waals surface area contributed by atoms with Crippen LogP contribution in [0.2, 0.25) is 5.02 Å². The van der Waals surface area contributed by atoms with Crippen molar-refractivity contribution in [2.75, 3.05) is 32.8 Å². The molecule has 2 saturated heterocycles. The van der Waals surface area contributed by atoms with Gasteiger partial charge in [0.05, 0.1) is 19.8 Å². The van der Waals surface area contributed by atoms with E-state index in [4.69, 9.17) is 21.1 Å². The van der Waals surface area contributed by atoms with Crippen molar-refractivity contribution >= 4 is 23.4 Å². The third-order valence-corrected chi connectivity index (χ3v) is 4.45. The zero-order valence-corrected chi connectivity index (χ0v) is 13.5. The molecule has 2 aliphatic rings. The molecule has 2 amide bonds. The Morgan fingerprint density at radius 3 is 2.35 bits per heavy atom. The van der Waals surface area contributed by atoms with E-state index >= 15 is 0 Å². The highest BCUT2D eigenvalue weighted by Crippen LogP contribution is 2.31. The van der Waals surface area contributed by atoms with Crippen molar-refractivity contribution in [2.45, 2.75) is 18.6 Å². The largest absolute Gasteiger partial charge is 0.347 e. The summed E-state index contributed by atoms with van der Waals surface area (Å²) < 4.78 is 11.3. The SMILES string of the molecule is O=C(NCC(=O)N1CCC2(CC1)OCCO2)c1ccc(Cl)cc1. The van der Waals surface area contributed by atoms with Crippen LogP contribution in [0.4, 0.5) is 0 Å². The Kier molecular flexibility index (Phi) is 4.84. The van der Waals surface area contributed by atoms with E-state index in [1.54, 1.807) is 29.2 Å². The first-order valence-corrected chi connectivity index (χ1v) is 8.05. The lowest BCUT2D eigenvalue weighted by Gasteiger charge is -2.37. The standard InChI is InChI=1S/C16H19ClN2O4/c17-13-3-1-12(2-4-13)15(21)18-11-14(20)19-7-5-16(6-8-19)22-9-10-23-16/h1-4H,5-11H2,(H,18,21). The molecule has 0 atom stereocenters. The summed E-state index contributed by atoms with van der Waals surface area (Å²) in [7, 11) is 0. The fourth-order valence-corrected chi connectivity index (χ4v) is 2.98. The van der Waals surface area contributed by atoms with Crippen molar-refractivity contribution in [3.8, 4) is 0 Å². The maximum absolute atomic E-state index is 12.2. The van der Waals surface area contributed by atoms with Gasteiger partial charge in [0, 0.05) is 36.5 Å². The number of carbonyl (C=O) groups excluding carboxylic acids is 2. The van der Waals surface area contributed by atoms with Gasteiger partial charge < -0.3 is 19.7 Å². The van der Waals surface area contributed by atoms with Crippen LogP contribution < -0.4 is 5.32 Å². The number of rotatable bonds is 3. The highest BCUT2D eigenvalue weighted by molar-refractivity contribution is 6.30. The maximum Gasteiger partial charge on any atom is 0.251 e. The van der Waals surface area contributed by atoms with Crippen LogP contribution in [0.3, 0.4) is 0 Å². The van der Waals surface area contributed by atoms with Crippen molar-refractivity contribution in [3.05, 3.63) is 34.9 Å². The average molecular weight is 339 g/mol. The molecule has 2 heterocycles. The minimum absolute atomic E-state index is 0.0177. The van der Waals surface area contributed by atoms with Gasteiger partial charge in [0.2, 0.25) is 5.91 Å². The Balaban J connectivity index is 1.46. The third-order valence-electron chi connectivity index (χ3n) is 4.20. The predicted molar refractivity (Wildman–Crippen MR) is 84.2 cm³/mol. The fraction of sp³-hybridized carbons (Fsp3) is 0.500. The van der Waals surface area contributed by atoms with Gasteiger partial charge in [-0.1, -0.05) is 11.6 Å². The van der Waals surface area contributed by atoms with Crippen LogP contribution in [-0.2, 0) is 14.3 Å². The van der Waals surface area contributed by atoms with Gasteiger partial charge >= 0.3 is 0 Å². The summed E-state index contributed by atoms with van der Waals surface area (Å²) in [4.78, 5) is 25.9. The first-order valence-electron chi connectivity index (χ1n) is 7.67. The zero-order valence-electron chi connectivity index (χ0n) is 12.7. The topological polar surface area (TPSA) is 67.9 Å². The quantitative estimate of drug-likeness (QED) is 0.905. The van der Waals surface area contributed by atoms with Gasteiger partial charge in [-0.2, -0.15) is 0 Å². The second kappa shape index (κ2) is 6.86. The summed E-state index contributed by atoms with van der Waals surface area (Å²) >= 11 is 5.78. The molecular weight excluding hydrogens is 320 g/mol. The predicted octanol–water partition coefficient (Wildman–Crippen LogP) is 1.44. The molecule has 2 aliphatic heterocycles. The summed E-state index contributed by atoms with van der Waals surface area (Å²) in [5, 5.41) is 3.21. The second-order valence-electron chi connectivity index (χ2n) is 5.68. The molecule has 1 spiro atoms. The number of nitrogens with zero attached hydrogens (tertiary/aromatic N) is 1. The van der Waals surface area contributed by atoms with Crippen molar-refractivity contribution in [2.24, 2.45) is 0 Å². The molecule has 7 heteroatoms. The fourth-order valence-electron chi connectivity index (χ4n) is 2.85. The highest BCUT2D eigenvalue weighted by Gasteiger charge is 2.40. The molecular formula is C16H19ClN2O4. The number of hydrogen-bond acceptors (Lipinski definition) is 4. The molecule has 124 valence electrons. The van der Waals surface area contributed by atoms with E-state index in [9.17, 15) is 9.59 Å². The molecule has 2 fully saturated rings. The molecule has 6 nitrogen and oxygen atoms in total. The number of carbonyl (C=O) groups is 2. The van der Waals surface area contributed by atoms with Gasteiger partial charge in [-0.05, 0) is 24.3 Å². The number of hydrogen-bond donors (Lipinski definition) is 1. The number of benzene rings is 1. The van der Waals surface area contributed by atoms with Gasteiger partial charge in [-0.25, -0.2) is 0 Å². The lowest BCUT2D eigenvalue weighted by Crippen LogP contribution is -2.49. The minimum Gasteiger partial charge on any atom is -0.347 e. The summed E-state index contributed by atoms with van der Waals surface area (Å²) in [5.74, 6) is -0.880. The Morgan fingerprint density at radius 2 is 1.74 bits per heavy atom. The maximum atomic E-state index is 12.2. The number of amides is 2. The molecule has 0 bridgehead atoms. The van der Waals surface area contributed by atoms with E-state index in [0.29, 0.717) is 49.7 Å². The van der Waals surface area contributed by atoms with E-state index in [1.165, 1.54) is 0 Å². The summed E-state index contributed by atoms with van der Waals surface area (Å²) in [6, 6.07) is 6.54. The van der Waals surface area contributed by atoms with E-state index in [0.717, 1.165) is 0 Å². The van der Waals surface area contributed by atoms with Crippen molar-refractivity contribution in [3.63, 3.8) is 0 Å². The first kappa shape index (κ1) is 16.2. The van der Waals surface area contributed by atoms with E-state index < -0.39 is 5.79 Å². The van der Waals surface area contributed by atoms with Crippen molar-refractivity contribution in [1.82, 2.24) is 10.2 Å². The third kappa shape index (κ3) is 3.83. The molecule has 0 unspecified atom stereocenters. The summed E-state index contributed by atoms with van der Waals surface area (Å²) in [6.07, 6.45) is 1.34. The average Bonchev–Trinajstić information content (AvgIpc) is 3.02. The van der Waals surface area contributed by atoms with E-state index in [2.05, 4.69) is 5.32 Å². The van der Waals surface area contributed by atoms with Gasteiger partial charge in [-0.15, -0.1) is 0 Å². The summed E-state index contributed by atoms with van der Waals surface area (Å²) in [5.41, 5.74) is 0.479. The van der Waals surface area contributed by atoms with Gasteiger partial charge in [0.1, 0.15) is 0 Å². The Hall–Kier alpha value is -1.63. The molecule has 1 aromatic carbocycles. The molecule has 0 aromatic heterocycles. The molecule has 3 rings (SSSR count). The van der Waals surface area contributed by atoms with Crippen LogP contribution >= 0.6 is 11.6 Å². The lowest BCUT2D eigenvalue weighted by atomic mass is 10.0. The van der Waals surface area contributed by atoms with Gasteiger partial charge in [-0.3, -0.25) is 9.59 Å². The molecule has 1 N–H and O–H groups in total. The van der Waals surface area contributed by atoms with Gasteiger partial charge in [0.25, 0.3) is 5.91 Å². The Bertz CT molecular complexity index is 574. The number of ether oxygens (including phenoxy) is 2. The Labute approximate surface area is 139 Å². The summed E-state index contributed by atoms with van der Waals surface area (Å²) in [6.45, 7) is 2.37. The number of piperidine rings is 1. The van der Waals surface area contributed by atoms with Crippen LogP contribution in [-0.4, -0.2) is 55.3 Å². The smallest absolute Gasteiger partial charge is 0.251 e. The highest BCUT2D eigenvalue weighted by atomic mass is 35.5. The molecule has 0 aliphatic carbocycles. The molecule has 23 heavy (non-hydrogen) atoms. The number of halogens is 1. The normalized spacial score (nSPS) is 19.8. The van der Waals surface area contributed by atoms with Crippen LogP contribution in [0.5, 0.6) is 0 Å². The molecule has 1 aromatic rings. The van der Waals surface area contributed by atoms with Crippen LogP contribution in [0.15, 0.2) is 24.3 Å². The second-order valence-corrected chi connectivity index (χ2v) is 6.11. The van der Waals surface area contributed by atoms with Crippen LogP contribution in [0, 0.1) is 0 Å². The zero-order chi connectivity index (χ0) is 16.3. The first-order chi connectivity index (χ1) is 11.1. The Morgan fingerprint density at radius 1 is 1.13 bits per heavy atom. The lowest BCUT2D eigenvalue weighted by molar-refractivity contribution is -0.187. The number of nitrogens with one attached hydrogen (secondary N) is 1. The van der Waals surface area contributed by atoms with E-state index in [1.807, 2.05) is 0 Å². The van der Waals surface area contributed by atoms with Crippen molar-refractivity contribution in [1.29, 1.82) is 0 Å². The molecule has 0 radical (unpaired) electrons. The van der Waals surface area contributed by atoms with Gasteiger partial charge in [0.15, 0.2) is 5.79 Å². The number of likely N-dealkylation sites (tertiary alicyclic amines) is 1. The minimum atomic E-state index is -0.497.